The van der Waals surface area contributed by atoms with E-state index in [9.17, 15) is 4.79 Å². The molecule has 76 valence electrons. The zero-order valence-electron chi connectivity index (χ0n) is 7.56. The van der Waals surface area contributed by atoms with E-state index in [0.29, 0.717) is 5.88 Å². The summed E-state index contributed by atoms with van der Waals surface area (Å²) in [6, 6.07) is 5.65. The van der Waals surface area contributed by atoms with E-state index in [4.69, 9.17) is 11.6 Å². The van der Waals surface area contributed by atoms with Crippen molar-refractivity contribution in [1.29, 1.82) is 0 Å². The molecule has 1 atom stereocenters. The van der Waals surface area contributed by atoms with Crippen LogP contribution in [0.3, 0.4) is 0 Å². The molecule has 0 heterocycles. The summed E-state index contributed by atoms with van der Waals surface area (Å²) in [5, 5.41) is 0. The number of ketones is 1. The summed E-state index contributed by atoms with van der Waals surface area (Å²) in [7, 11) is 0. The lowest BCUT2D eigenvalue weighted by molar-refractivity contribution is 0.0995. The van der Waals surface area contributed by atoms with Crippen molar-refractivity contribution in [3.8, 4) is 0 Å². The maximum absolute atomic E-state index is 11.8. The van der Waals surface area contributed by atoms with Gasteiger partial charge in [0.15, 0.2) is 5.78 Å². The summed E-state index contributed by atoms with van der Waals surface area (Å²) in [6.07, 6.45) is 0. The number of alkyl halides is 2. The molecule has 0 aliphatic carbocycles. The van der Waals surface area contributed by atoms with Crippen LogP contribution >= 0.6 is 50.1 Å². The van der Waals surface area contributed by atoms with Gasteiger partial charge in [-0.15, -0.1) is 11.6 Å². The van der Waals surface area contributed by atoms with Crippen molar-refractivity contribution in [2.24, 2.45) is 0 Å². The zero-order chi connectivity index (χ0) is 10.7. The minimum Gasteiger partial charge on any atom is -0.293 e. The Hall–Kier alpha value is 0.390. The Morgan fingerprint density at radius 1 is 1.64 bits per heavy atom. The molecular weight excluding hydrogens is 378 g/mol. The van der Waals surface area contributed by atoms with Crippen LogP contribution in [-0.2, 0) is 5.88 Å². The molecule has 0 fully saturated rings. The number of benzene rings is 1. The van der Waals surface area contributed by atoms with Gasteiger partial charge in [0.1, 0.15) is 0 Å². The molecule has 0 saturated heterocycles. The average molecular weight is 387 g/mol. The smallest absolute Gasteiger partial charge is 0.176 e. The monoisotopic (exact) mass is 386 g/mol. The fraction of sp³-hybridized carbons (Fsp3) is 0.300. The maximum Gasteiger partial charge on any atom is 0.176 e. The lowest BCUT2D eigenvalue weighted by Gasteiger charge is -2.09. The molecule has 0 bridgehead atoms. The zero-order valence-corrected chi connectivity index (χ0v) is 12.1. The SMILES string of the molecule is CC(Br)C(=O)c1cccc(I)c1CCl. The van der Waals surface area contributed by atoms with Crippen molar-refractivity contribution in [3.63, 3.8) is 0 Å². The summed E-state index contributed by atoms with van der Waals surface area (Å²) in [5.74, 6) is 0.457. The van der Waals surface area contributed by atoms with Crippen LogP contribution in [0.25, 0.3) is 0 Å². The highest BCUT2D eigenvalue weighted by atomic mass is 127. The third-order valence-corrected chi connectivity index (χ3v) is 3.57. The molecule has 1 aromatic rings. The molecule has 0 aliphatic heterocycles. The third kappa shape index (κ3) is 2.70. The first-order valence-electron chi connectivity index (χ1n) is 4.09. The molecule has 1 rings (SSSR count). The molecule has 0 saturated carbocycles. The molecule has 1 unspecified atom stereocenters. The van der Waals surface area contributed by atoms with E-state index in [2.05, 4.69) is 38.5 Å². The first kappa shape index (κ1) is 12.5. The number of Topliss-reactive ketones (excluding diaryl/α,β-unsaturated/α-hetero) is 1. The van der Waals surface area contributed by atoms with Crippen molar-refractivity contribution < 1.29 is 4.79 Å². The molecule has 0 radical (unpaired) electrons. The number of hydrogen-bond acceptors (Lipinski definition) is 1. The fourth-order valence-corrected chi connectivity index (χ4v) is 2.59. The molecule has 0 N–H and O–H groups in total. The third-order valence-electron chi connectivity index (χ3n) is 1.88. The number of rotatable bonds is 3. The van der Waals surface area contributed by atoms with Gasteiger partial charge in [0.2, 0.25) is 0 Å². The highest BCUT2D eigenvalue weighted by Crippen LogP contribution is 2.21. The average Bonchev–Trinajstić information content (AvgIpc) is 2.16. The van der Waals surface area contributed by atoms with E-state index in [1.165, 1.54) is 0 Å². The highest BCUT2D eigenvalue weighted by molar-refractivity contribution is 14.1. The predicted molar refractivity (Wildman–Crippen MR) is 71.4 cm³/mol. The van der Waals surface area contributed by atoms with Gasteiger partial charge in [0.05, 0.1) is 4.83 Å². The molecule has 14 heavy (non-hydrogen) atoms. The topological polar surface area (TPSA) is 17.1 Å². The Kier molecular flexibility index (Phi) is 4.87. The van der Waals surface area contributed by atoms with Gasteiger partial charge in [-0.2, -0.15) is 0 Å². The van der Waals surface area contributed by atoms with Crippen LogP contribution in [0.1, 0.15) is 22.8 Å². The van der Waals surface area contributed by atoms with Gasteiger partial charge in [0.25, 0.3) is 0 Å². The normalized spacial score (nSPS) is 12.6. The van der Waals surface area contributed by atoms with E-state index >= 15 is 0 Å². The number of carbonyl (C=O) groups excluding carboxylic acids is 1. The number of carbonyl (C=O) groups is 1. The van der Waals surface area contributed by atoms with Gasteiger partial charge < -0.3 is 0 Å². The van der Waals surface area contributed by atoms with Gasteiger partial charge in [0, 0.05) is 15.0 Å². The first-order valence-corrected chi connectivity index (χ1v) is 6.62. The van der Waals surface area contributed by atoms with Crippen LogP contribution in [0.15, 0.2) is 18.2 Å². The van der Waals surface area contributed by atoms with Crippen LogP contribution in [0.2, 0.25) is 0 Å². The number of halogens is 3. The van der Waals surface area contributed by atoms with Crippen molar-refractivity contribution in [2.75, 3.05) is 0 Å². The molecule has 0 spiro atoms. The summed E-state index contributed by atoms with van der Waals surface area (Å²) >= 11 is 11.3. The van der Waals surface area contributed by atoms with Gasteiger partial charge in [-0.05, 0) is 41.1 Å². The summed E-state index contributed by atoms with van der Waals surface area (Å²) < 4.78 is 1.04. The Labute approximate surface area is 110 Å². The summed E-state index contributed by atoms with van der Waals surface area (Å²) in [6.45, 7) is 1.82. The van der Waals surface area contributed by atoms with Crippen LogP contribution in [0, 0.1) is 3.57 Å². The quantitative estimate of drug-likeness (QED) is 0.435. The Bertz CT molecular complexity index is 352. The standard InChI is InChI=1S/C10H9BrClIO/c1-6(11)10(14)7-3-2-4-9(13)8(7)5-12/h2-4,6H,5H2,1H3. The predicted octanol–water partition coefficient (Wildman–Crippen LogP) is 4.00. The second kappa shape index (κ2) is 5.47. The van der Waals surface area contributed by atoms with Crippen molar-refractivity contribution >= 4 is 55.9 Å². The molecule has 1 aromatic carbocycles. The van der Waals surface area contributed by atoms with E-state index in [1.54, 1.807) is 0 Å². The molecule has 0 aliphatic rings. The van der Waals surface area contributed by atoms with Gasteiger partial charge in [-0.1, -0.05) is 28.1 Å². The Morgan fingerprint density at radius 3 is 2.79 bits per heavy atom. The van der Waals surface area contributed by atoms with Crippen molar-refractivity contribution in [3.05, 3.63) is 32.9 Å². The fourth-order valence-electron chi connectivity index (χ4n) is 1.14. The Balaban J connectivity index is 3.20. The van der Waals surface area contributed by atoms with Crippen molar-refractivity contribution in [1.82, 2.24) is 0 Å². The summed E-state index contributed by atoms with van der Waals surface area (Å²) in [5.41, 5.74) is 1.64. The van der Waals surface area contributed by atoms with Gasteiger partial charge >= 0.3 is 0 Å². The van der Waals surface area contributed by atoms with Gasteiger partial charge in [-0.25, -0.2) is 0 Å². The van der Waals surface area contributed by atoms with E-state index in [-0.39, 0.29) is 10.6 Å². The lowest BCUT2D eigenvalue weighted by Crippen LogP contribution is -2.12. The van der Waals surface area contributed by atoms with Crippen LogP contribution < -0.4 is 0 Å². The van der Waals surface area contributed by atoms with Crippen LogP contribution in [-0.4, -0.2) is 10.6 Å². The van der Waals surface area contributed by atoms with E-state index in [0.717, 1.165) is 14.7 Å². The van der Waals surface area contributed by atoms with Crippen LogP contribution in [0.4, 0.5) is 0 Å². The largest absolute Gasteiger partial charge is 0.293 e. The summed E-state index contributed by atoms with van der Waals surface area (Å²) in [4.78, 5) is 11.6. The molecule has 1 nitrogen and oxygen atoms in total. The van der Waals surface area contributed by atoms with Gasteiger partial charge in [-0.3, -0.25) is 4.79 Å². The maximum atomic E-state index is 11.8. The second-order valence-electron chi connectivity index (χ2n) is 2.88. The molecule has 4 heteroatoms. The Morgan fingerprint density at radius 2 is 2.29 bits per heavy atom. The van der Waals surface area contributed by atoms with E-state index < -0.39 is 0 Å². The highest BCUT2D eigenvalue weighted by Gasteiger charge is 2.16. The molecule has 0 amide bonds. The molecule has 0 aromatic heterocycles. The van der Waals surface area contributed by atoms with E-state index in [1.807, 2.05) is 25.1 Å². The lowest BCUT2D eigenvalue weighted by atomic mass is 10.0. The second-order valence-corrected chi connectivity index (χ2v) is 5.68. The minimum absolute atomic E-state index is 0.0826. The first-order chi connectivity index (χ1) is 6.57. The minimum atomic E-state index is -0.164. The van der Waals surface area contributed by atoms with Crippen LogP contribution in [0.5, 0.6) is 0 Å². The number of hydrogen-bond donors (Lipinski definition) is 0. The molecular formula is C10H9BrClIO. The van der Waals surface area contributed by atoms with Crippen molar-refractivity contribution in [2.45, 2.75) is 17.6 Å².